The van der Waals surface area contributed by atoms with E-state index in [-0.39, 0.29) is 70.1 Å². The van der Waals surface area contributed by atoms with Crippen molar-refractivity contribution in [3.8, 4) is 0 Å². The van der Waals surface area contributed by atoms with Crippen molar-refractivity contribution in [2.24, 2.45) is 5.92 Å². The molecule has 1 rings (SSSR count). The van der Waals surface area contributed by atoms with Gasteiger partial charge in [0.25, 0.3) is 0 Å². The Morgan fingerprint density at radius 2 is 0.886 bits per heavy atom. The number of allylic oxidation sites excluding steroid dienone is 4. The van der Waals surface area contributed by atoms with Gasteiger partial charge >= 0.3 is 0 Å². The van der Waals surface area contributed by atoms with E-state index in [9.17, 15) is 107 Å². The van der Waals surface area contributed by atoms with Crippen LogP contribution < -0.4 is 0 Å². The Hall–Kier alpha value is -1.66. The molecule has 24 atom stereocenters. The lowest BCUT2D eigenvalue weighted by Crippen LogP contribution is -2.54. The van der Waals surface area contributed by atoms with Crippen LogP contribution in [0.3, 0.4) is 0 Å². The summed E-state index contributed by atoms with van der Waals surface area (Å²) in [6, 6.07) is 0. The number of aliphatic hydroxyl groups excluding tert-OH is 21. The molecule has 0 radical (unpaired) electrons. The van der Waals surface area contributed by atoms with Crippen LogP contribution in [-0.4, -0.2) is 248 Å². The fourth-order valence-corrected chi connectivity index (χ4v) is 10.2. The van der Waals surface area contributed by atoms with Gasteiger partial charge in [0.15, 0.2) is 0 Å². The predicted molar refractivity (Wildman–Crippen MR) is 294 cm³/mol. The minimum atomic E-state index is -2.02. The summed E-state index contributed by atoms with van der Waals surface area (Å²) in [6.07, 6.45) is -19.2. The van der Waals surface area contributed by atoms with Crippen molar-refractivity contribution in [3.63, 3.8) is 0 Å². The molecule has 0 aliphatic carbocycles. The zero-order valence-electron chi connectivity index (χ0n) is 46.8. The molecular formula is C57H108O22. The Kier molecular flexibility index (Phi) is 40.2. The van der Waals surface area contributed by atoms with Gasteiger partial charge in [0.05, 0.1) is 116 Å². The van der Waals surface area contributed by atoms with Crippen LogP contribution in [0.15, 0.2) is 37.5 Å². The molecule has 1 aliphatic heterocycles. The quantitative estimate of drug-likeness (QED) is 0.0198. The molecule has 0 saturated carbocycles. The smallest absolute Gasteiger partial charge is 0.112 e. The van der Waals surface area contributed by atoms with Crippen molar-refractivity contribution >= 4 is 0 Å². The van der Waals surface area contributed by atoms with E-state index >= 15 is 0 Å². The zero-order chi connectivity index (χ0) is 59.8. The summed E-state index contributed by atoms with van der Waals surface area (Å²) in [5, 5.41) is 221. The Labute approximate surface area is 468 Å². The maximum Gasteiger partial charge on any atom is 0.112 e. The molecule has 22 heteroatoms. The van der Waals surface area contributed by atoms with Crippen molar-refractivity contribution < 1.29 is 112 Å². The first kappa shape index (κ1) is 75.4. The molecule has 1 fully saturated rings. The van der Waals surface area contributed by atoms with E-state index in [1.54, 1.807) is 19.1 Å². The van der Waals surface area contributed by atoms with Gasteiger partial charge in [0, 0.05) is 44.9 Å². The van der Waals surface area contributed by atoms with Crippen LogP contribution in [0.25, 0.3) is 0 Å². The molecule has 0 unspecified atom stereocenters. The average Bonchev–Trinajstić information content (AvgIpc) is 3.37. The number of hydrogen-bond acceptors (Lipinski definition) is 22. The monoisotopic (exact) mass is 1140 g/mol. The summed E-state index contributed by atoms with van der Waals surface area (Å²) >= 11 is 0. The molecule has 0 aromatic heterocycles. The van der Waals surface area contributed by atoms with E-state index in [1.807, 2.05) is 6.08 Å². The van der Waals surface area contributed by atoms with Crippen molar-refractivity contribution in [2.75, 3.05) is 0 Å². The van der Waals surface area contributed by atoms with Crippen LogP contribution in [0.1, 0.15) is 174 Å². The number of unbranched alkanes of at least 4 members (excludes halogenated alkanes) is 5. The van der Waals surface area contributed by atoms with Crippen LogP contribution in [0.5, 0.6) is 0 Å². The molecule has 79 heavy (non-hydrogen) atoms. The van der Waals surface area contributed by atoms with Gasteiger partial charge in [-0.2, -0.15) is 0 Å². The van der Waals surface area contributed by atoms with Crippen LogP contribution in [0.4, 0.5) is 0 Å². The predicted octanol–water partition coefficient (Wildman–Crippen LogP) is -0.960. The summed E-state index contributed by atoms with van der Waals surface area (Å²) in [6.45, 7) is 8.98. The second kappa shape index (κ2) is 42.2. The highest BCUT2D eigenvalue weighted by molar-refractivity contribution is 4.97. The first-order valence-electron chi connectivity index (χ1n) is 29.0. The Morgan fingerprint density at radius 1 is 0.418 bits per heavy atom. The molecule has 22 nitrogen and oxygen atoms in total. The van der Waals surface area contributed by atoms with Crippen LogP contribution in [0, 0.1) is 5.92 Å². The van der Waals surface area contributed by atoms with E-state index in [1.165, 1.54) is 0 Å². The number of rotatable bonds is 48. The van der Waals surface area contributed by atoms with Gasteiger partial charge in [-0.15, -0.1) is 6.58 Å². The highest BCUT2D eigenvalue weighted by Gasteiger charge is 2.42. The Balaban J connectivity index is 2.50. The van der Waals surface area contributed by atoms with E-state index in [2.05, 4.69) is 19.2 Å². The maximum absolute atomic E-state index is 11.0. The third-order valence-corrected chi connectivity index (χ3v) is 15.4. The number of ether oxygens (including phenoxy) is 1. The fourth-order valence-electron chi connectivity index (χ4n) is 10.2. The second-order valence-electron chi connectivity index (χ2n) is 22.8. The number of aliphatic hydroxyl groups is 21. The molecule has 1 heterocycles. The zero-order valence-corrected chi connectivity index (χ0v) is 46.8. The highest BCUT2D eigenvalue weighted by Crippen LogP contribution is 2.29. The van der Waals surface area contributed by atoms with Gasteiger partial charge in [0.1, 0.15) is 24.4 Å². The van der Waals surface area contributed by atoms with Crippen molar-refractivity contribution in [2.45, 2.75) is 314 Å². The molecule has 1 aliphatic rings. The standard InChI is InChI=1S/C57H108O22/c1-4-6-8-9-10-11-12-14-16-35(58)18-15-19-43(65)47(69)32-50(72)55(77)52(74)33-51(73)54(76)48(70)29-41(64)30-53(75)57-56(78)49(71)31-42(79-57)23-22-38(61)26-45(67)46(68)28-40(63)27-44(66)34(3)20-21-37(60)25-39(62)24-36(59)17-13-7-5-2/h4-6,8,34-78H,1-2,7,9-33H2,3H3/b8-6+/t34-,35+,36+,37-,38+,39-,40-,41+,42-,43+,44-,45+,46+,47+,48+,49-,50-,51-,52+,53+,54-,55+,56+,57-/m1/s1. The lowest BCUT2D eigenvalue weighted by molar-refractivity contribution is -0.205. The highest BCUT2D eigenvalue weighted by atomic mass is 16.5. The molecule has 0 aromatic carbocycles. The maximum atomic E-state index is 11.0. The average molecular weight is 1150 g/mol. The van der Waals surface area contributed by atoms with Crippen molar-refractivity contribution in [1.82, 2.24) is 0 Å². The van der Waals surface area contributed by atoms with Gasteiger partial charge in [0.2, 0.25) is 0 Å². The van der Waals surface area contributed by atoms with E-state index in [0.29, 0.717) is 32.1 Å². The fraction of sp³-hybridized carbons (Fsp3) is 0.895. The summed E-state index contributed by atoms with van der Waals surface area (Å²) in [4.78, 5) is 0. The summed E-state index contributed by atoms with van der Waals surface area (Å²) in [5.74, 6) is -0.374. The van der Waals surface area contributed by atoms with Crippen LogP contribution in [-0.2, 0) is 4.74 Å². The van der Waals surface area contributed by atoms with Gasteiger partial charge in [-0.3, -0.25) is 0 Å². The Bertz CT molecular complexity index is 1550. The normalized spacial score (nSPS) is 25.0. The SMILES string of the molecule is C=C/C=C/CCCCCC[C@H](O)CCC[C@H](O)[C@@H](O)C[C@@H](O)[C@H](O)[C@@H](O)C[C@@H](O)[C@H](O)[C@@H](O)C[C@H](O)C[C@H](O)[C@H]1O[C@H](CC[C@H](O)C[C@H](O)[C@@H](O)C[C@H](O)C[C@@H](O)[C@H](C)CC[C@@H](O)C[C@H](O)C[C@@H](O)CCCC=C)C[C@@H](O)[C@@H]1O. The molecular weight excluding hydrogens is 1040 g/mol. The Morgan fingerprint density at radius 3 is 1.49 bits per heavy atom. The van der Waals surface area contributed by atoms with Crippen molar-refractivity contribution in [1.29, 1.82) is 0 Å². The van der Waals surface area contributed by atoms with Gasteiger partial charge in [-0.1, -0.05) is 57.1 Å². The molecule has 0 amide bonds. The minimum absolute atomic E-state index is 0.0354. The number of hydrogen-bond donors (Lipinski definition) is 21. The van der Waals surface area contributed by atoms with E-state index in [0.717, 1.165) is 44.9 Å². The second-order valence-corrected chi connectivity index (χ2v) is 22.8. The van der Waals surface area contributed by atoms with Gasteiger partial charge in [-0.25, -0.2) is 0 Å². The summed E-state index contributed by atoms with van der Waals surface area (Å²) in [7, 11) is 0. The largest absolute Gasteiger partial charge is 0.393 e. The van der Waals surface area contributed by atoms with Gasteiger partial charge < -0.3 is 112 Å². The topological polar surface area (TPSA) is 434 Å². The molecule has 0 bridgehead atoms. The first-order valence-corrected chi connectivity index (χ1v) is 29.0. The van der Waals surface area contributed by atoms with Crippen LogP contribution >= 0.6 is 0 Å². The summed E-state index contributed by atoms with van der Waals surface area (Å²) < 4.78 is 5.83. The molecule has 468 valence electrons. The summed E-state index contributed by atoms with van der Waals surface area (Å²) in [5.41, 5.74) is 0. The van der Waals surface area contributed by atoms with Crippen LogP contribution in [0.2, 0.25) is 0 Å². The first-order chi connectivity index (χ1) is 37.2. The molecule has 1 saturated heterocycles. The lowest BCUT2D eigenvalue weighted by atomic mass is 9.88. The van der Waals surface area contributed by atoms with Gasteiger partial charge in [-0.05, 0) is 109 Å². The van der Waals surface area contributed by atoms with Crippen molar-refractivity contribution in [3.05, 3.63) is 37.5 Å². The molecule has 21 N–H and O–H groups in total. The lowest BCUT2D eigenvalue weighted by Gasteiger charge is -2.40. The van der Waals surface area contributed by atoms with E-state index in [4.69, 9.17) is 4.74 Å². The molecule has 0 aromatic rings. The third kappa shape index (κ3) is 32.8. The van der Waals surface area contributed by atoms with E-state index < -0.39 is 166 Å². The minimum Gasteiger partial charge on any atom is -0.393 e. The molecule has 0 spiro atoms. The third-order valence-electron chi connectivity index (χ3n) is 15.4.